The number of nitro groups is 2. The predicted octanol–water partition coefficient (Wildman–Crippen LogP) is 4.30. The molecule has 0 radical (unpaired) electrons. The van der Waals surface area contributed by atoms with Crippen molar-refractivity contribution in [2.24, 2.45) is 5.92 Å². The van der Waals surface area contributed by atoms with E-state index in [9.17, 15) is 25.0 Å². The fourth-order valence-electron chi connectivity index (χ4n) is 3.52. The lowest BCUT2D eigenvalue weighted by molar-refractivity contribution is -0.394. The first-order valence-corrected chi connectivity index (χ1v) is 9.72. The highest BCUT2D eigenvalue weighted by Gasteiger charge is 2.34. The summed E-state index contributed by atoms with van der Waals surface area (Å²) in [4.78, 5) is 33.3. The first-order chi connectivity index (χ1) is 14.8. The molecule has 0 heterocycles. The van der Waals surface area contributed by atoms with E-state index in [2.05, 4.69) is 0 Å². The Morgan fingerprint density at radius 2 is 1.52 bits per heavy atom. The molecule has 31 heavy (non-hydrogen) atoms. The molecule has 0 unspecified atom stereocenters. The molecule has 0 aliphatic heterocycles. The van der Waals surface area contributed by atoms with Gasteiger partial charge in [0.15, 0.2) is 0 Å². The van der Waals surface area contributed by atoms with Crippen LogP contribution in [0, 0.1) is 26.1 Å². The Kier molecular flexibility index (Phi) is 6.68. The van der Waals surface area contributed by atoms with E-state index in [1.807, 2.05) is 6.92 Å². The number of esters is 1. The highest BCUT2D eigenvalue weighted by molar-refractivity contribution is 5.91. The monoisotopic (exact) mass is 430 g/mol. The van der Waals surface area contributed by atoms with Gasteiger partial charge >= 0.3 is 5.97 Å². The standard InChI is InChI=1S/C21H22N2O8/c1-13-3-8-19(30-18-6-4-17(29-2)5-7-18)20(9-13)31-21(24)14-10-15(22(25)26)12-16(11-14)23(27)28/h4-7,10-13,19-20H,3,8-9H2,1-2H3/t13-,19+,20+/m0/s1. The quantitative estimate of drug-likeness (QED) is 0.361. The first-order valence-electron chi connectivity index (χ1n) is 9.72. The Bertz CT molecular complexity index is 944. The number of hydrogen-bond acceptors (Lipinski definition) is 8. The van der Waals surface area contributed by atoms with Crippen molar-refractivity contribution in [2.45, 2.75) is 38.4 Å². The smallest absolute Gasteiger partial charge is 0.339 e. The van der Waals surface area contributed by atoms with Crippen molar-refractivity contribution in [1.29, 1.82) is 0 Å². The molecule has 2 aromatic rings. The van der Waals surface area contributed by atoms with E-state index in [1.165, 1.54) is 0 Å². The highest BCUT2D eigenvalue weighted by Crippen LogP contribution is 2.31. The average Bonchev–Trinajstić information content (AvgIpc) is 2.75. The van der Waals surface area contributed by atoms with Crippen molar-refractivity contribution in [2.75, 3.05) is 7.11 Å². The number of carbonyl (C=O) groups is 1. The zero-order valence-electron chi connectivity index (χ0n) is 17.1. The largest absolute Gasteiger partial charge is 0.497 e. The van der Waals surface area contributed by atoms with Gasteiger partial charge in [-0.2, -0.15) is 0 Å². The van der Waals surface area contributed by atoms with Crippen molar-refractivity contribution >= 4 is 17.3 Å². The van der Waals surface area contributed by atoms with Gasteiger partial charge in [0, 0.05) is 12.1 Å². The maximum atomic E-state index is 12.7. The van der Waals surface area contributed by atoms with Crippen LogP contribution in [0.2, 0.25) is 0 Å². The van der Waals surface area contributed by atoms with Crippen LogP contribution in [-0.4, -0.2) is 35.1 Å². The molecule has 0 saturated heterocycles. The summed E-state index contributed by atoms with van der Waals surface area (Å²) in [5.74, 6) is 0.689. The molecule has 3 rings (SSSR count). The number of ether oxygens (including phenoxy) is 3. The summed E-state index contributed by atoms with van der Waals surface area (Å²) in [6, 6.07) is 9.75. The molecule has 164 valence electrons. The summed E-state index contributed by atoms with van der Waals surface area (Å²) < 4.78 is 16.8. The Labute approximate surface area is 178 Å². The van der Waals surface area contributed by atoms with Crippen LogP contribution in [-0.2, 0) is 4.74 Å². The molecule has 1 saturated carbocycles. The number of nitro benzene ring substituents is 2. The third kappa shape index (κ3) is 5.47. The maximum Gasteiger partial charge on any atom is 0.339 e. The zero-order chi connectivity index (χ0) is 22.5. The van der Waals surface area contributed by atoms with E-state index in [1.54, 1.807) is 31.4 Å². The van der Waals surface area contributed by atoms with Crippen molar-refractivity contribution < 1.29 is 28.9 Å². The van der Waals surface area contributed by atoms with E-state index in [-0.39, 0.29) is 11.5 Å². The molecule has 1 aliphatic carbocycles. The minimum atomic E-state index is -0.866. The fraction of sp³-hybridized carbons (Fsp3) is 0.381. The number of carbonyl (C=O) groups excluding carboxylic acids is 1. The van der Waals surface area contributed by atoms with E-state index in [0.717, 1.165) is 24.6 Å². The van der Waals surface area contributed by atoms with Gasteiger partial charge in [0.1, 0.15) is 23.7 Å². The molecule has 10 heteroatoms. The normalized spacial score (nSPS) is 20.5. The Morgan fingerprint density at radius 3 is 2.06 bits per heavy atom. The second kappa shape index (κ2) is 9.41. The topological polar surface area (TPSA) is 131 Å². The van der Waals surface area contributed by atoms with Crippen molar-refractivity contribution in [3.63, 3.8) is 0 Å². The fourth-order valence-corrected chi connectivity index (χ4v) is 3.52. The zero-order valence-corrected chi connectivity index (χ0v) is 17.1. The summed E-state index contributed by atoms with van der Waals surface area (Å²) in [6.07, 6.45) is 1.07. The molecule has 0 amide bonds. The molecule has 0 N–H and O–H groups in total. The molecule has 0 bridgehead atoms. The highest BCUT2D eigenvalue weighted by atomic mass is 16.6. The molecule has 3 atom stereocenters. The third-order valence-electron chi connectivity index (χ3n) is 5.16. The minimum absolute atomic E-state index is 0.248. The Morgan fingerprint density at radius 1 is 0.935 bits per heavy atom. The van der Waals surface area contributed by atoms with Gasteiger partial charge in [0.05, 0.1) is 28.6 Å². The van der Waals surface area contributed by atoms with Gasteiger partial charge in [-0.1, -0.05) is 6.92 Å². The first kappa shape index (κ1) is 22.0. The van der Waals surface area contributed by atoms with Gasteiger partial charge in [-0.25, -0.2) is 4.79 Å². The molecular weight excluding hydrogens is 408 g/mol. The number of benzene rings is 2. The van der Waals surface area contributed by atoms with Crippen LogP contribution in [0.1, 0.15) is 36.5 Å². The van der Waals surface area contributed by atoms with E-state index >= 15 is 0 Å². The average molecular weight is 430 g/mol. The lowest BCUT2D eigenvalue weighted by Gasteiger charge is -2.34. The van der Waals surface area contributed by atoms with Crippen LogP contribution in [0.4, 0.5) is 11.4 Å². The summed E-state index contributed by atoms with van der Waals surface area (Å²) in [6.45, 7) is 2.03. The molecular formula is C21H22N2O8. The van der Waals surface area contributed by atoms with Crippen LogP contribution < -0.4 is 9.47 Å². The maximum absolute atomic E-state index is 12.7. The summed E-state index contributed by atoms with van der Waals surface area (Å²) in [5, 5.41) is 22.2. The van der Waals surface area contributed by atoms with Gasteiger partial charge in [-0.3, -0.25) is 20.2 Å². The summed E-state index contributed by atoms with van der Waals surface area (Å²) in [7, 11) is 1.56. The van der Waals surface area contributed by atoms with Crippen LogP contribution in [0.3, 0.4) is 0 Å². The van der Waals surface area contributed by atoms with Gasteiger partial charge in [0.25, 0.3) is 11.4 Å². The SMILES string of the molecule is COc1ccc(O[C@@H]2CC[C@H](C)C[C@H]2OC(=O)c2cc([N+](=O)[O-])cc([N+](=O)[O-])c2)cc1. The third-order valence-corrected chi connectivity index (χ3v) is 5.16. The number of nitrogens with zero attached hydrogens (tertiary/aromatic N) is 2. The van der Waals surface area contributed by atoms with Gasteiger partial charge in [-0.15, -0.1) is 0 Å². The van der Waals surface area contributed by atoms with Crippen LogP contribution >= 0.6 is 0 Å². The molecule has 2 aromatic carbocycles. The number of rotatable bonds is 7. The molecule has 1 fully saturated rings. The number of non-ortho nitro benzene ring substituents is 2. The number of methoxy groups -OCH3 is 1. The van der Waals surface area contributed by atoms with E-state index in [0.29, 0.717) is 24.3 Å². The van der Waals surface area contributed by atoms with Gasteiger partial charge in [-0.05, 0) is 49.4 Å². The summed E-state index contributed by atoms with van der Waals surface area (Å²) in [5.41, 5.74) is -1.35. The van der Waals surface area contributed by atoms with Crippen LogP contribution in [0.25, 0.3) is 0 Å². The Hall–Kier alpha value is -3.69. The predicted molar refractivity (Wildman–Crippen MR) is 109 cm³/mol. The van der Waals surface area contributed by atoms with Gasteiger partial charge in [0.2, 0.25) is 0 Å². The molecule has 10 nitrogen and oxygen atoms in total. The molecule has 1 aliphatic rings. The second-order valence-corrected chi connectivity index (χ2v) is 7.45. The van der Waals surface area contributed by atoms with E-state index in [4.69, 9.17) is 14.2 Å². The van der Waals surface area contributed by atoms with Crippen molar-refractivity contribution in [3.8, 4) is 11.5 Å². The lowest BCUT2D eigenvalue weighted by atomic mass is 9.86. The molecule has 0 spiro atoms. The van der Waals surface area contributed by atoms with Crippen LogP contribution in [0.5, 0.6) is 11.5 Å². The molecule has 0 aromatic heterocycles. The number of hydrogen-bond donors (Lipinski definition) is 0. The summed E-state index contributed by atoms with van der Waals surface area (Å²) >= 11 is 0. The van der Waals surface area contributed by atoms with Crippen LogP contribution in [0.15, 0.2) is 42.5 Å². The van der Waals surface area contributed by atoms with Crippen molar-refractivity contribution in [3.05, 3.63) is 68.3 Å². The minimum Gasteiger partial charge on any atom is -0.497 e. The second-order valence-electron chi connectivity index (χ2n) is 7.45. The van der Waals surface area contributed by atoms with E-state index < -0.39 is 39.4 Å². The lowest BCUT2D eigenvalue weighted by Crippen LogP contribution is -2.40. The Balaban J connectivity index is 1.79. The van der Waals surface area contributed by atoms with Gasteiger partial charge < -0.3 is 14.2 Å². The van der Waals surface area contributed by atoms with Crippen molar-refractivity contribution in [1.82, 2.24) is 0 Å².